The highest BCUT2D eigenvalue weighted by Gasteiger charge is 2.27. The van der Waals surface area contributed by atoms with E-state index in [1.165, 1.54) is 0 Å². The van der Waals surface area contributed by atoms with Crippen LogP contribution in [0.2, 0.25) is 0 Å². The number of carbonyl (C=O) groups excluding carboxylic acids is 1. The van der Waals surface area contributed by atoms with E-state index >= 15 is 0 Å². The van der Waals surface area contributed by atoms with Crippen LogP contribution >= 0.6 is 0 Å². The van der Waals surface area contributed by atoms with E-state index in [0.717, 1.165) is 25.8 Å². The first-order valence-corrected chi connectivity index (χ1v) is 5.29. The molecule has 3 N–H and O–H groups in total. The van der Waals surface area contributed by atoms with Crippen molar-refractivity contribution >= 4 is 6.03 Å². The third kappa shape index (κ3) is 5.79. The van der Waals surface area contributed by atoms with Crippen molar-refractivity contribution in [3.05, 3.63) is 0 Å². The molecule has 1 aliphatic heterocycles. The Bertz CT molecular complexity index is 227. The van der Waals surface area contributed by atoms with Crippen LogP contribution in [0.3, 0.4) is 0 Å². The fourth-order valence-corrected chi connectivity index (χ4v) is 1.61. The lowest BCUT2D eigenvalue weighted by Gasteiger charge is -2.12. The third-order valence-electron chi connectivity index (χ3n) is 2.39. The van der Waals surface area contributed by atoms with Crippen molar-refractivity contribution in [1.29, 1.82) is 0 Å². The van der Waals surface area contributed by atoms with Crippen LogP contribution in [0.25, 0.3) is 0 Å². The van der Waals surface area contributed by atoms with E-state index < -0.39 is 18.8 Å². The van der Waals surface area contributed by atoms with Crippen LogP contribution in [0.4, 0.5) is 18.0 Å². The molecule has 1 saturated heterocycles. The number of rotatable bonds is 4. The minimum atomic E-state index is -4.36. The highest BCUT2D eigenvalue weighted by Crippen LogP contribution is 2.12. The maximum absolute atomic E-state index is 11.7. The Morgan fingerprint density at radius 2 is 2.12 bits per heavy atom. The zero-order chi connectivity index (χ0) is 12.0. The highest BCUT2D eigenvalue weighted by molar-refractivity contribution is 5.73. The lowest BCUT2D eigenvalue weighted by Crippen LogP contribution is -2.42. The van der Waals surface area contributed by atoms with E-state index in [1.807, 2.05) is 0 Å². The molecule has 0 aromatic heterocycles. The van der Waals surface area contributed by atoms with Gasteiger partial charge in [-0.25, -0.2) is 4.79 Å². The van der Waals surface area contributed by atoms with Gasteiger partial charge in [0.1, 0.15) is 6.54 Å². The summed E-state index contributed by atoms with van der Waals surface area (Å²) < 4.78 is 35.2. The first-order valence-electron chi connectivity index (χ1n) is 5.29. The second-order valence-electron chi connectivity index (χ2n) is 3.81. The van der Waals surface area contributed by atoms with Crippen LogP contribution in [0.5, 0.6) is 0 Å². The SMILES string of the molecule is O=C(NCC[C@H]1CCCN1)NCC(F)(F)F. The summed E-state index contributed by atoms with van der Waals surface area (Å²) >= 11 is 0. The van der Waals surface area contributed by atoms with Crippen molar-refractivity contribution in [2.45, 2.75) is 31.5 Å². The van der Waals surface area contributed by atoms with Gasteiger partial charge in [0.15, 0.2) is 0 Å². The van der Waals surface area contributed by atoms with Crippen LogP contribution in [0, 0.1) is 0 Å². The fraction of sp³-hybridized carbons (Fsp3) is 0.889. The summed E-state index contributed by atoms with van der Waals surface area (Å²) in [6, 6.07) is -0.391. The number of amides is 2. The van der Waals surface area contributed by atoms with Gasteiger partial charge in [-0.1, -0.05) is 0 Å². The number of urea groups is 1. The molecule has 4 nitrogen and oxygen atoms in total. The molecule has 0 saturated carbocycles. The Labute approximate surface area is 92.0 Å². The molecule has 0 aromatic carbocycles. The summed E-state index contributed by atoms with van der Waals surface area (Å²) in [5, 5.41) is 7.38. The summed E-state index contributed by atoms with van der Waals surface area (Å²) in [6.07, 6.45) is -1.43. The first kappa shape index (κ1) is 13.1. The van der Waals surface area contributed by atoms with Crippen LogP contribution in [0.1, 0.15) is 19.3 Å². The maximum atomic E-state index is 11.7. The second-order valence-corrected chi connectivity index (χ2v) is 3.81. The molecule has 0 aromatic rings. The molecule has 1 rings (SSSR count). The predicted octanol–water partition coefficient (Wildman–Crippen LogP) is 0.990. The Hall–Kier alpha value is -0.980. The molecule has 1 atom stereocenters. The van der Waals surface area contributed by atoms with Gasteiger partial charge in [-0.05, 0) is 25.8 Å². The van der Waals surface area contributed by atoms with Gasteiger partial charge >= 0.3 is 12.2 Å². The zero-order valence-electron chi connectivity index (χ0n) is 8.86. The maximum Gasteiger partial charge on any atom is 0.405 e. The lowest BCUT2D eigenvalue weighted by molar-refractivity contribution is -0.122. The molecule has 1 fully saturated rings. The molecule has 2 amide bonds. The summed E-state index contributed by atoms with van der Waals surface area (Å²) in [6.45, 7) is 0.0762. The van der Waals surface area contributed by atoms with E-state index in [9.17, 15) is 18.0 Å². The Balaban J connectivity index is 2.01. The second kappa shape index (κ2) is 5.93. The van der Waals surface area contributed by atoms with Crippen LogP contribution in [0.15, 0.2) is 0 Å². The topological polar surface area (TPSA) is 53.2 Å². The van der Waals surface area contributed by atoms with Crippen LogP contribution < -0.4 is 16.0 Å². The van der Waals surface area contributed by atoms with E-state index in [1.54, 1.807) is 5.32 Å². The fourth-order valence-electron chi connectivity index (χ4n) is 1.61. The number of nitrogens with one attached hydrogen (secondary N) is 3. The van der Waals surface area contributed by atoms with Crippen molar-refractivity contribution in [2.24, 2.45) is 0 Å². The first-order chi connectivity index (χ1) is 7.47. The number of alkyl halides is 3. The molecule has 16 heavy (non-hydrogen) atoms. The van der Waals surface area contributed by atoms with Gasteiger partial charge < -0.3 is 16.0 Å². The Kier molecular flexibility index (Phi) is 4.85. The minimum absolute atomic E-state index is 0.378. The minimum Gasteiger partial charge on any atom is -0.338 e. The van der Waals surface area contributed by atoms with E-state index in [-0.39, 0.29) is 0 Å². The van der Waals surface area contributed by atoms with Gasteiger partial charge in [0.25, 0.3) is 0 Å². The monoisotopic (exact) mass is 239 g/mol. The molecule has 7 heteroatoms. The smallest absolute Gasteiger partial charge is 0.338 e. The quantitative estimate of drug-likeness (QED) is 0.685. The highest BCUT2D eigenvalue weighted by atomic mass is 19.4. The molecule has 0 unspecified atom stereocenters. The number of halogens is 3. The molecule has 0 bridgehead atoms. The van der Waals surface area contributed by atoms with Gasteiger partial charge in [0.05, 0.1) is 0 Å². The van der Waals surface area contributed by atoms with Crippen LogP contribution in [-0.2, 0) is 0 Å². The van der Waals surface area contributed by atoms with E-state index in [4.69, 9.17) is 0 Å². The Morgan fingerprint density at radius 1 is 1.38 bits per heavy atom. The van der Waals surface area contributed by atoms with Crippen molar-refractivity contribution in [1.82, 2.24) is 16.0 Å². The molecule has 1 aliphatic rings. The molecule has 0 aliphatic carbocycles. The molecular weight excluding hydrogens is 223 g/mol. The largest absolute Gasteiger partial charge is 0.405 e. The van der Waals surface area contributed by atoms with E-state index in [2.05, 4.69) is 10.6 Å². The zero-order valence-corrected chi connectivity index (χ0v) is 8.86. The van der Waals surface area contributed by atoms with Gasteiger partial charge in [-0.15, -0.1) is 0 Å². The van der Waals surface area contributed by atoms with Gasteiger partial charge in [0, 0.05) is 12.6 Å². The molecule has 1 heterocycles. The number of hydrogen-bond donors (Lipinski definition) is 3. The summed E-state index contributed by atoms with van der Waals surface area (Å²) in [7, 11) is 0. The molecule has 94 valence electrons. The predicted molar refractivity (Wildman–Crippen MR) is 53.1 cm³/mol. The number of hydrogen-bond acceptors (Lipinski definition) is 2. The average molecular weight is 239 g/mol. The normalized spacial score (nSPS) is 20.8. The summed E-state index contributed by atoms with van der Waals surface area (Å²) in [4.78, 5) is 10.9. The Morgan fingerprint density at radius 3 is 2.69 bits per heavy atom. The summed E-state index contributed by atoms with van der Waals surface area (Å²) in [5.41, 5.74) is 0. The number of carbonyl (C=O) groups is 1. The molecule has 0 spiro atoms. The molecular formula is C9H16F3N3O. The van der Waals surface area contributed by atoms with Gasteiger partial charge in [-0.2, -0.15) is 13.2 Å². The van der Waals surface area contributed by atoms with Crippen molar-refractivity contribution in [2.75, 3.05) is 19.6 Å². The van der Waals surface area contributed by atoms with Crippen molar-refractivity contribution < 1.29 is 18.0 Å². The van der Waals surface area contributed by atoms with Gasteiger partial charge in [0.2, 0.25) is 0 Å². The van der Waals surface area contributed by atoms with Crippen LogP contribution in [-0.4, -0.2) is 37.9 Å². The average Bonchev–Trinajstić information content (AvgIpc) is 2.66. The van der Waals surface area contributed by atoms with Gasteiger partial charge in [-0.3, -0.25) is 0 Å². The standard InChI is InChI=1S/C9H16F3N3O/c10-9(11,12)6-15-8(16)14-5-3-7-2-1-4-13-7/h7,13H,1-6H2,(H2,14,15,16)/t7-/m1/s1. The third-order valence-corrected chi connectivity index (χ3v) is 2.39. The molecule has 0 radical (unpaired) electrons. The van der Waals surface area contributed by atoms with Crippen molar-refractivity contribution in [3.63, 3.8) is 0 Å². The lowest BCUT2D eigenvalue weighted by atomic mass is 10.1. The van der Waals surface area contributed by atoms with E-state index in [0.29, 0.717) is 12.6 Å². The van der Waals surface area contributed by atoms with Crippen molar-refractivity contribution in [3.8, 4) is 0 Å². The summed E-state index contributed by atoms with van der Waals surface area (Å²) in [5.74, 6) is 0.